The van der Waals surface area contributed by atoms with Gasteiger partial charge in [0.25, 0.3) is 0 Å². The second kappa shape index (κ2) is 9.15. The minimum absolute atomic E-state index is 0.514. The summed E-state index contributed by atoms with van der Waals surface area (Å²) >= 11 is 0. The molecule has 3 unspecified atom stereocenters. The van der Waals surface area contributed by atoms with Crippen molar-refractivity contribution in [3.8, 4) is 0 Å². The molecule has 0 aromatic carbocycles. The molecule has 2 heteroatoms. The molecule has 0 saturated heterocycles. The number of nitrogens with zero attached hydrogens (tertiary/aromatic N) is 1. The smallest absolute Gasteiger partial charge is 0.0808 e. The lowest BCUT2D eigenvalue weighted by atomic mass is 9.75. The molecule has 126 valence electrons. The van der Waals surface area contributed by atoms with Crippen LogP contribution in [0.5, 0.6) is 0 Å². The zero-order chi connectivity index (χ0) is 15.9. The van der Waals surface area contributed by atoms with Crippen LogP contribution in [0.1, 0.15) is 67.2 Å². The number of rotatable bonds is 9. The molecule has 0 heterocycles. The van der Waals surface area contributed by atoms with Gasteiger partial charge in [-0.3, -0.25) is 0 Å². The first-order valence-electron chi connectivity index (χ1n) is 9.44. The standard InChI is InChI=1S/C19H40NO/c1-7-20(8-2,9-3)13-10-14-21-19-15-17(6)11-12-18(19)16(4)5/h16-19H,7-15H2,1-6H3/q+1. The van der Waals surface area contributed by atoms with Crippen LogP contribution in [0.2, 0.25) is 0 Å². The van der Waals surface area contributed by atoms with Gasteiger partial charge in [0.15, 0.2) is 0 Å². The molecule has 3 atom stereocenters. The predicted molar refractivity (Wildman–Crippen MR) is 92.5 cm³/mol. The number of hydrogen-bond acceptors (Lipinski definition) is 1. The lowest BCUT2D eigenvalue weighted by Crippen LogP contribution is -2.48. The van der Waals surface area contributed by atoms with E-state index in [1.165, 1.54) is 56.3 Å². The number of hydrogen-bond donors (Lipinski definition) is 0. The van der Waals surface area contributed by atoms with Crippen LogP contribution in [-0.2, 0) is 4.74 Å². The number of quaternary nitrogens is 1. The Labute approximate surface area is 133 Å². The molecule has 1 aliphatic carbocycles. The van der Waals surface area contributed by atoms with E-state index < -0.39 is 0 Å². The predicted octanol–water partition coefficient (Wildman–Crippen LogP) is 4.73. The Morgan fingerprint density at radius 3 is 2.19 bits per heavy atom. The van der Waals surface area contributed by atoms with Gasteiger partial charge in [-0.1, -0.05) is 27.2 Å². The molecule has 21 heavy (non-hydrogen) atoms. The van der Waals surface area contributed by atoms with Gasteiger partial charge >= 0.3 is 0 Å². The van der Waals surface area contributed by atoms with E-state index in [9.17, 15) is 0 Å². The maximum absolute atomic E-state index is 6.35. The highest BCUT2D eigenvalue weighted by atomic mass is 16.5. The van der Waals surface area contributed by atoms with Gasteiger partial charge in [-0.15, -0.1) is 0 Å². The molecule has 2 nitrogen and oxygen atoms in total. The molecule has 1 aliphatic rings. The Morgan fingerprint density at radius 2 is 1.67 bits per heavy atom. The van der Waals surface area contributed by atoms with Crippen LogP contribution >= 0.6 is 0 Å². The molecular weight excluding hydrogens is 258 g/mol. The Kier molecular flexibility index (Phi) is 8.26. The summed E-state index contributed by atoms with van der Waals surface area (Å²) in [5, 5.41) is 0. The molecule has 1 fully saturated rings. The van der Waals surface area contributed by atoms with Crippen molar-refractivity contribution in [3.63, 3.8) is 0 Å². The van der Waals surface area contributed by atoms with Crippen molar-refractivity contribution in [1.29, 1.82) is 0 Å². The van der Waals surface area contributed by atoms with Gasteiger partial charge in [0, 0.05) is 6.42 Å². The van der Waals surface area contributed by atoms with Crippen molar-refractivity contribution in [3.05, 3.63) is 0 Å². The summed E-state index contributed by atoms with van der Waals surface area (Å²) in [5.41, 5.74) is 0. The molecule has 0 aromatic rings. The Morgan fingerprint density at radius 1 is 1.05 bits per heavy atom. The van der Waals surface area contributed by atoms with Crippen molar-refractivity contribution in [2.45, 2.75) is 73.3 Å². The quantitative estimate of drug-likeness (QED) is 0.442. The summed E-state index contributed by atoms with van der Waals surface area (Å²) in [6.45, 7) is 20.1. The Balaban J connectivity index is 2.38. The average molecular weight is 299 g/mol. The Hall–Kier alpha value is -0.0800. The fourth-order valence-corrected chi connectivity index (χ4v) is 4.09. The molecule has 0 radical (unpaired) electrons. The van der Waals surface area contributed by atoms with Crippen LogP contribution in [0.25, 0.3) is 0 Å². The fourth-order valence-electron chi connectivity index (χ4n) is 4.09. The Bertz CT molecular complexity index is 264. The largest absolute Gasteiger partial charge is 0.378 e. The van der Waals surface area contributed by atoms with E-state index in [2.05, 4.69) is 41.5 Å². The summed E-state index contributed by atoms with van der Waals surface area (Å²) in [4.78, 5) is 0. The molecule has 0 amide bonds. The maximum atomic E-state index is 6.35. The topological polar surface area (TPSA) is 9.23 Å². The molecule has 1 saturated carbocycles. The van der Waals surface area contributed by atoms with Crippen LogP contribution in [0.3, 0.4) is 0 Å². The highest BCUT2D eigenvalue weighted by Gasteiger charge is 2.31. The fraction of sp³-hybridized carbons (Fsp3) is 1.00. The molecule has 0 spiro atoms. The minimum atomic E-state index is 0.514. The summed E-state index contributed by atoms with van der Waals surface area (Å²) in [7, 11) is 0. The van der Waals surface area contributed by atoms with Crippen molar-refractivity contribution in [2.24, 2.45) is 17.8 Å². The average Bonchev–Trinajstić information content (AvgIpc) is 2.48. The third kappa shape index (κ3) is 5.56. The SMILES string of the molecule is CC[N+](CC)(CC)CCCOC1CC(C)CCC1C(C)C. The summed E-state index contributed by atoms with van der Waals surface area (Å²) < 4.78 is 7.59. The van der Waals surface area contributed by atoms with E-state index in [0.29, 0.717) is 6.10 Å². The van der Waals surface area contributed by atoms with Crippen molar-refractivity contribution in [1.82, 2.24) is 0 Å². The van der Waals surface area contributed by atoms with E-state index in [1.807, 2.05) is 0 Å². The lowest BCUT2D eigenvalue weighted by Gasteiger charge is -2.38. The highest BCUT2D eigenvalue weighted by Crippen LogP contribution is 2.35. The van der Waals surface area contributed by atoms with Crippen molar-refractivity contribution in [2.75, 3.05) is 32.8 Å². The summed E-state index contributed by atoms with van der Waals surface area (Å²) in [6, 6.07) is 0. The molecule has 0 aliphatic heterocycles. The second-order valence-electron chi connectivity index (χ2n) is 7.60. The normalized spacial score (nSPS) is 27.3. The highest BCUT2D eigenvalue weighted by molar-refractivity contribution is 4.81. The maximum Gasteiger partial charge on any atom is 0.0808 e. The van der Waals surface area contributed by atoms with E-state index >= 15 is 0 Å². The van der Waals surface area contributed by atoms with Gasteiger partial charge in [0.2, 0.25) is 0 Å². The molecular formula is C19H40NO+. The molecule has 1 rings (SSSR count). The third-order valence-corrected chi connectivity index (χ3v) is 6.08. The second-order valence-corrected chi connectivity index (χ2v) is 7.60. The zero-order valence-corrected chi connectivity index (χ0v) is 15.5. The van der Waals surface area contributed by atoms with Crippen molar-refractivity contribution < 1.29 is 9.22 Å². The van der Waals surface area contributed by atoms with E-state index in [4.69, 9.17) is 4.74 Å². The summed E-state index contributed by atoms with van der Waals surface area (Å²) in [6.07, 6.45) is 5.76. The van der Waals surface area contributed by atoms with Crippen molar-refractivity contribution >= 4 is 0 Å². The first kappa shape index (κ1) is 19.0. The van der Waals surface area contributed by atoms with Gasteiger partial charge < -0.3 is 9.22 Å². The van der Waals surface area contributed by atoms with Crippen LogP contribution in [0.4, 0.5) is 0 Å². The van der Waals surface area contributed by atoms with Crippen LogP contribution in [0.15, 0.2) is 0 Å². The van der Waals surface area contributed by atoms with Crippen LogP contribution in [-0.4, -0.2) is 43.4 Å². The summed E-state index contributed by atoms with van der Waals surface area (Å²) in [5.74, 6) is 2.39. The van der Waals surface area contributed by atoms with Gasteiger partial charge in [0.1, 0.15) is 0 Å². The van der Waals surface area contributed by atoms with Crippen LogP contribution in [0, 0.1) is 17.8 Å². The van der Waals surface area contributed by atoms with E-state index in [-0.39, 0.29) is 0 Å². The lowest BCUT2D eigenvalue weighted by molar-refractivity contribution is -0.923. The molecule has 0 bridgehead atoms. The molecule has 0 aromatic heterocycles. The first-order chi connectivity index (χ1) is 9.98. The van der Waals surface area contributed by atoms with Gasteiger partial charge in [-0.25, -0.2) is 0 Å². The third-order valence-electron chi connectivity index (χ3n) is 6.08. The van der Waals surface area contributed by atoms with Gasteiger partial charge in [-0.05, 0) is 51.4 Å². The monoisotopic (exact) mass is 298 g/mol. The van der Waals surface area contributed by atoms with E-state index in [0.717, 1.165) is 24.4 Å². The number of ether oxygens (including phenoxy) is 1. The van der Waals surface area contributed by atoms with Gasteiger partial charge in [0.05, 0.1) is 38.9 Å². The minimum Gasteiger partial charge on any atom is -0.378 e. The van der Waals surface area contributed by atoms with E-state index in [1.54, 1.807) is 0 Å². The molecule has 0 N–H and O–H groups in total. The van der Waals surface area contributed by atoms with Gasteiger partial charge in [-0.2, -0.15) is 0 Å². The first-order valence-corrected chi connectivity index (χ1v) is 9.44. The van der Waals surface area contributed by atoms with Crippen LogP contribution < -0.4 is 0 Å². The zero-order valence-electron chi connectivity index (χ0n) is 15.5.